The molecule has 19 heteroatoms. The maximum absolute atomic E-state index is 11.9. The van der Waals surface area contributed by atoms with E-state index in [1.807, 2.05) is 12.1 Å². The van der Waals surface area contributed by atoms with Crippen LogP contribution in [0.1, 0.15) is 51.4 Å². The van der Waals surface area contributed by atoms with E-state index in [1.54, 1.807) is 29.2 Å². The molecule has 0 aromatic carbocycles. The van der Waals surface area contributed by atoms with E-state index in [2.05, 4.69) is 101 Å². The largest absolute Gasteiger partial charge is 0.460 e. The first kappa shape index (κ1) is 46.3. The van der Waals surface area contributed by atoms with Gasteiger partial charge in [-0.15, -0.1) is 10.2 Å². The van der Waals surface area contributed by atoms with Crippen LogP contribution < -0.4 is 4.74 Å². The van der Waals surface area contributed by atoms with Crippen molar-refractivity contribution in [3.8, 4) is 29.0 Å². The average Bonchev–Trinajstić information content (AvgIpc) is 3.95. The molecular formula is C37H58Br2N8O6SSi2. The molecule has 0 amide bonds. The third kappa shape index (κ3) is 16.5. The first-order valence-corrected chi connectivity index (χ1v) is 30.1. The van der Waals surface area contributed by atoms with Crippen LogP contribution >= 0.6 is 31.9 Å². The summed E-state index contributed by atoms with van der Waals surface area (Å²) in [6, 6.07) is 10.0. The molecule has 0 aliphatic heterocycles. The number of ether oxygens (including phenoxy) is 3. The van der Waals surface area contributed by atoms with Gasteiger partial charge in [0, 0.05) is 57.0 Å². The van der Waals surface area contributed by atoms with Crippen LogP contribution in [0.5, 0.6) is 6.01 Å². The molecule has 4 aromatic rings. The van der Waals surface area contributed by atoms with Crippen molar-refractivity contribution >= 4 is 57.8 Å². The molecule has 4 heterocycles. The Balaban J connectivity index is 0.000000216. The van der Waals surface area contributed by atoms with E-state index in [4.69, 9.17) is 19.3 Å². The number of aliphatic hydroxyl groups excluding tert-OH is 1. The Kier molecular flexibility index (Phi) is 17.8. The molecule has 0 unspecified atom stereocenters. The van der Waals surface area contributed by atoms with Crippen LogP contribution in [0.2, 0.25) is 51.4 Å². The molecule has 14 nitrogen and oxygen atoms in total. The quantitative estimate of drug-likeness (QED) is 0.0893. The lowest BCUT2D eigenvalue weighted by molar-refractivity contribution is 0.0639. The summed E-state index contributed by atoms with van der Waals surface area (Å²) < 4.78 is 46.2. The minimum absolute atomic E-state index is 0.0463. The molecule has 0 bridgehead atoms. The highest BCUT2D eigenvalue weighted by Gasteiger charge is 2.23. The molecule has 310 valence electrons. The lowest BCUT2D eigenvalue weighted by Gasteiger charge is -2.16. The van der Waals surface area contributed by atoms with Crippen molar-refractivity contribution in [2.24, 2.45) is 0 Å². The van der Waals surface area contributed by atoms with Gasteiger partial charge in [-0.05, 0) is 107 Å². The number of nitrogens with zero attached hydrogens (tertiary/aromatic N) is 8. The summed E-state index contributed by atoms with van der Waals surface area (Å²) in [5, 5.41) is 17.4. The summed E-state index contributed by atoms with van der Waals surface area (Å²) in [4.78, 5) is 17.3. The van der Waals surface area contributed by atoms with Crippen LogP contribution in [0.15, 0.2) is 50.8 Å². The Hall–Kier alpha value is -2.40. The highest BCUT2D eigenvalue weighted by molar-refractivity contribution is 9.10. The second kappa shape index (κ2) is 21.6. The summed E-state index contributed by atoms with van der Waals surface area (Å²) in [5.74, 6) is 0.830. The number of rotatable bonds is 15. The normalized spacial score (nSPS) is 15.3. The highest BCUT2D eigenvalue weighted by Crippen LogP contribution is 2.26. The van der Waals surface area contributed by atoms with Crippen LogP contribution in [0.25, 0.3) is 23.0 Å². The Bertz CT molecular complexity index is 1890. The fraction of sp³-hybridized carbons (Fsp3) is 0.622. The fourth-order valence-electron chi connectivity index (χ4n) is 5.54. The van der Waals surface area contributed by atoms with Gasteiger partial charge in [0.15, 0.2) is 0 Å². The highest BCUT2D eigenvalue weighted by atomic mass is 79.9. The Morgan fingerprint density at radius 3 is 1.62 bits per heavy atom. The topological polar surface area (TPSA) is 169 Å². The third-order valence-electron chi connectivity index (χ3n) is 8.84. The van der Waals surface area contributed by atoms with Gasteiger partial charge in [-0.1, -0.05) is 52.1 Å². The second-order valence-electron chi connectivity index (χ2n) is 16.6. The molecule has 0 atom stereocenters. The maximum Gasteiger partial charge on any atom is 0.317 e. The molecule has 0 spiro atoms. The SMILES string of the molecule is C[Si](C)(C)CCOCn1nc(-c2ccc(Br)cn2)nc1OC1CCCC1.C[Si](C)(C)CCOCn1nc(-c2ccc(Br)cn2)nc1S(C)(=O)=O.OC1CCCC1. The van der Waals surface area contributed by atoms with Gasteiger partial charge in [0.05, 0.1) is 6.10 Å². The molecule has 2 aliphatic rings. The Morgan fingerprint density at radius 1 is 0.732 bits per heavy atom. The van der Waals surface area contributed by atoms with Crippen LogP contribution in [0.3, 0.4) is 0 Å². The lowest BCUT2D eigenvalue weighted by Crippen LogP contribution is -2.22. The fourth-order valence-corrected chi connectivity index (χ4v) is 8.25. The van der Waals surface area contributed by atoms with Gasteiger partial charge in [0.25, 0.3) is 0 Å². The molecule has 6 rings (SSSR count). The Morgan fingerprint density at radius 2 is 1.20 bits per heavy atom. The van der Waals surface area contributed by atoms with E-state index in [1.165, 1.54) is 30.4 Å². The van der Waals surface area contributed by atoms with Crippen molar-refractivity contribution in [3.05, 3.63) is 45.6 Å². The molecule has 56 heavy (non-hydrogen) atoms. The molecule has 0 radical (unpaired) electrons. The zero-order valence-electron chi connectivity index (χ0n) is 33.7. The van der Waals surface area contributed by atoms with Crippen LogP contribution in [0.4, 0.5) is 0 Å². The van der Waals surface area contributed by atoms with Gasteiger partial charge in [-0.3, -0.25) is 9.97 Å². The molecule has 0 saturated heterocycles. The lowest BCUT2D eigenvalue weighted by atomic mass is 10.3. The number of hydrogen-bond donors (Lipinski definition) is 1. The monoisotopic (exact) mass is 956 g/mol. The zero-order valence-corrected chi connectivity index (χ0v) is 39.7. The first-order chi connectivity index (χ1) is 26.4. The molecule has 4 aromatic heterocycles. The van der Waals surface area contributed by atoms with Crippen LogP contribution in [0, 0.1) is 0 Å². The number of pyridine rings is 2. The summed E-state index contributed by atoms with van der Waals surface area (Å²) >= 11 is 6.71. The predicted molar refractivity (Wildman–Crippen MR) is 231 cm³/mol. The second-order valence-corrected chi connectivity index (χ2v) is 31.6. The summed E-state index contributed by atoms with van der Waals surface area (Å²) in [5.41, 5.74) is 1.23. The number of halogens is 2. The maximum atomic E-state index is 11.9. The van der Waals surface area contributed by atoms with Gasteiger partial charge < -0.3 is 19.3 Å². The Labute approximate surface area is 350 Å². The van der Waals surface area contributed by atoms with Gasteiger partial charge in [-0.25, -0.2) is 13.1 Å². The van der Waals surface area contributed by atoms with Gasteiger partial charge in [-0.2, -0.15) is 14.6 Å². The summed E-state index contributed by atoms with van der Waals surface area (Å²) in [7, 11) is -5.82. The van der Waals surface area contributed by atoms with Crippen molar-refractivity contribution in [3.63, 3.8) is 0 Å². The molecule has 2 saturated carbocycles. The van der Waals surface area contributed by atoms with E-state index < -0.39 is 26.0 Å². The van der Waals surface area contributed by atoms with E-state index in [0.717, 1.165) is 65.3 Å². The van der Waals surface area contributed by atoms with Gasteiger partial charge in [0.2, 0.25) is 26.6 Å². The first-order valence-electron chi connectivity index (χ1n) is 19.2. The number of aromatic nitrogens is 8. The zero-order chi connectivity index (χ0) is 40.9. The number of hydrogen-bond acceptors (Lipinski definition) is 12. The molecular weight excluding hydrogens is 901 g/mol. The minimum Gasteiger partial charge on any atom is -0.460 e. The number of aliphatic hydroxyl groups is 1. The van der Waals surface area contributed by atoms with Crippen molar-refractivity contribution in [2.45, 2.75) is 134 Å². The van der Waals surface area contributed by atoms with Crippen molar-refractivity contribution < 1.29 is 27.7 Å². The van der Waals surface area contributed by atoms with E-state index >= 15 is 0 Å². The van der Waals surface area contributed by atoms with E-state index in [9.17, 15) is 8.42 Å². The summed E-state index contributed by atoms with van der Waals surface area (Å²) in [6.45, 7) is 15.5. The van der Waals surface area contributed by atoms with E-state index in [-0.39, 0.29) is 29.9 Å². The third-order valence-corrected chi connectivity index (χ3v) is 14.2. The van der Waals surface area contributed by atoms with Gasteiger partial charge in [0.1, 0.15) is 31.0 Å². The standard InChI is InChI=1S/C18H27BrN4O2Si.C14H21BrN4O3SSi.C5H10O/c1-26(2,3)11-10-24-13-23-18(25-15-6-4-5-7-15)21-17(22-23)16-9-8-14(19)12-20-16;1-23(20,21)14-17-13(12-6-5-11(15)9-16-12)18-19(14)10-22-7-8-24(2,3)4;6-5-3-1-2-4-5/h8-9,12,15H,4-7,10-11,13H2,1-3H3;5-6,9H,7-8,10H2,1-4H3;5-6H,1-4H2. The molecule has 2 fully saturated rings. The smallest absolute Gasteiger partial charge is 0.317 e. The summed E-state index contributed by atoms with van der Waals surface area (Å²) in [6.07, 6.45) is 13.9. The van der Waals surface area contributed by atoms with E-state index in [0.29, 0.717) is 30.9 Å². The predicted octanol–water partition coefficient (Wildman–Crippen LogP) is 8.48. The van der Waals surface area contributed by atoms with Crippen LogP contribution in [-0.4, -0.2) is 101 Å². The average molecular weight is 959 g/mol. The molecule has 1 N–H and O–H groups in total. The minimum atomic E-state index is -3.51. The van der Waals surface area contributed by atoms with Crippen LogP contribution in [-0.2, 0) is 32.8 Å². The number of sulfone groups is 1. The van der Waals surface area contributed by atoms with Crippen molar-refractivity contribution in [1.82, 2.24) is 39.5 Å². The van der Waals surface area contributed by atoms with Crippen molar-refractivity contribution in [2.75, 3.05) is 19.5 Å². The molecule has 2 aliphatic carbocycles. The van der Waals surface area contributed by atoms with Crippen molar-refractivity contribution in [1.29, 1.82) is 0 Å². The van der Waals surface area contributed by atoms with Gasteiger partial charge >= 0.3 is 6.01 Å².